The van der Waals surface area contributed by atoms with E-state index in [4.69, 9.17) is 0 Å². The van der Waals surface area contributed by atoms with Crippen LogP contribution in [0, 0.1) is 5.92 Å². The highest BCUT2D eigenvalue weighted by atomic mass is 16.1. The van der Waals surface area contributed by atoms with Crippen molar-refractivity contribution in [3.8, 4) is 0 Å². The molecule has 0 saturated carbocycles. The Hall–Kier alpha value is -1.16. The molecule has 78 valence electrons. The minimum atomic E-state index is -0.00940. The summed E-state index contributed by atoms with van der Waals surface area (Å²) in [5, 5.41) is 7.23. The molecule has 1 atom stereocenters. The van der Waals surface area contributed by atoms with Gasteiger partial charge in [0.2, 0.25) is 0 Å². The number of carbonyl (C=O) groups excluding carboxylic acids is 1. The van der Waals surface area contributed by atoms with E-state index in [-0.39, 0.29) is 11.7 Å². The Bertz CT molecular complexity index is 306. The van der Waals surface area contributed by atoms with Crippen LogP contribution in [-0.4, -0.2) is 28.7 Å². The van der Waals surface area contributed by atoms with Gasteiger partial charge in [0.25, 0.3) is 0 Å². The van der Waals surface area contributed by atoms with Crippen molar-refractivity contribution in [2.24, 2.45) is 13.0 Å². The summed E-state index contributed by atoms with van der Waals surface area (Å²) in [7, 11) is 1.81. The number of hydrogen-bond acceptors (Lipinski definition) is 3. The molecule has 1 heterocycles. The van der Waals surface area contributed by atoms with Crippen LogP contribution in [0.2, 0.25) is 0 Å². The topological polar surface area (TPSA) is 46.9 Å². The number of Topliss-reactive ketones (excluding diaryl/α,β-unsaturated/α-hetero) is 1. The molecule has 14 heavy (non-hydrogen) atoms. The number of aromatic nitrogens is 2. The lowest BCUT2D eigenvalue weighted by Gasteiger charge is -2.08. The smallest absolute Gasteiger partial charge is 0.187 e. The fourth-order valence-electron chi connectivity index (χ4n) is 1.25. The van der Waals surface area contributed by atoms with Crippen LogP contribution >= 0.6 is 0 Å². The van der Waals surface area contributed by atoms with E-state index in [9.17, 15) is 4.79 Å². The van der Waals surface area contributed by atoms with E-state index in [0.717, 1.165) is 6.54 Å². The third-order valence-corrected chi connectivity index (χ3v) is 2.11. The predicted molar refractivity (Wildman–Crippen MR) is 55.2 cm³/mol. The van der Waals surface area contributed by atoms with Crippen molar-refractivity contribution in [3.05, 3.63) is 18.0 Å². The van der Waals surface area contributed by atoms with Gasteiger partial charge in [-0.1, -0.05) is 13.8 Å². The van der Waals surface area contributed by atoms with Crippen LogP contribution < -0.4 is 5.32 Å². The highest BCUT2D eigenvalue weighted by Gasteiger charge is 2.16. The summed E-state index contributed by atoms with van der Waals surface area (Å²) in [6.45, 7) is 5.55. The minimum absolute atomic E-state index is 0.00940. The maximum Gasteiger partial charge on any atom is 0.187 e. The summed E-state index contributed by atoms with van der Waals surface area (Å²) >= 11 is 0. The molecule has 1 unspecified atom stereocenters. The van der Waals surface area contributed by atoms with E-state index >= 15 is 0 Å². The second-order valence-corrected chi connectivity index (χ2v) is 3.45. The van der Waals surface area contributed by atoms with Crippen molar-refractivity contribution in [1.29, 1.82) is 0 Å². The Morgan fingerprint density at radius 2 is 2.43 bits per heavy atom. The summed E-state index contributed by atoms with van der Waals surface area (Å²) in [6, 6.07) is 1.75. The van der Waals surface area contributed by atoms with E-state index in [0.29, 0.717) is 12.2 Å². The average molecular weight is 195 g/mol. The zero-order chi connectivity index (χ0) is 10.6. The van der Waals surface area contributed by atoms with Gasteiger partial charge in [-0.25, -0.2) is 0 Å². The molecule has 0 bridgehead atoms. The fraction of sp³-hybridized carbons (Fsp3) is 0.600. The SMILES string of the molecule is CCNCC(C)C(=O)c1ccn(C)n1. The van der Waals surface area contributed by atoms with Gasteiger partial charge in [0.05, 0.1) is 0 Å². The van der Waals surface area contributed by atoms with Gasteiger partial charge in [-0.3, -0.25) is 9.48 Å². The largest absolute Gasteiger partial charge is 0.316 e. The number of ketones is 1. The third-order valence-electron chi connectivity index (χ3n) is 2.11. The van der Waals surface area contributed by atoms with E-state index in [2.05, 4.69) is 10.4 Å². The number of nitrogens with one attached hydrogen (secondary N) is 1. The Balaban J connectivity index is 2.56. The molecule has 0 aliphatic heterocycles. The zero-order valence-corrected chi connectivity index (χ0v) is 8.95. The summed E-state index contributed by atoms with van der Waals surface area (Å²) in [4.78, 5) is 11.7. The van der Waals surface area contributed by atoms with Gasteiger partial charge < -0.3 is 5.32 Å². The molecule has 0 fully saturated rings. The van der Waals surface area contributed by atoms with Crippen molar-refractivity contribution in [2.45, 2.75) is 13.8 Å². The summed E-state index contributed by atoms with van der Waals surface area (Å²) in [5.74, 6) is 0.0939. The number of nitrogens with zero attached hydrogens (tertiary/aromatic N) is 2. The second-order valence-electron chi connectivity index (χ2n) is 3.45. The Morgan fingerprint density at radius 1 is 1.71 bits per heavy atom. The number of aryl methyl sites for hydroxylation is 1. The summed E-state index contributed by atoms with van der Waals surface area (Å²) in [6.07, 6.45) is 1.78. The molecule has 0 amide bonds. The highest BCUT2D eigenvalue weighted by molar-refractivity contribution is 5.95. The number of hydrogen-bond donors (Lipinski definition) is 1. The van der Waals surface area contributed by atoms with Gasteiger partial charge >= 0.3 is 0 Å². The van der Waals surface area contributed by atoms with Crippen molar-refractivity contribution in [1.82, 2.24) is 15.1 Å². The maximum atomic E-state index is 11.7. The Labute approximate surface area is 84.3 Å². The lowest BCUT2D eigenvalue weighted by molar-refractivity contribution is 0.0923. The summed E-state index contributed by atoms with van der Waals surface area (Å²) in [5.41, 5.74) is 0.554. The highest BCUT2D eigenvalue weighted by Crippen LogP contribution is 2.05. The molecule has 0 aliphatic carbocycles. The molecule has 1 N–H and O–H groups in total. The molecule has 0 aliphatic rings. The molecule has 1 rings (SSSR count). The molecule has 0 spiro atoms. The lowest BCUT2D eigenvalue weighted by Crippen LogP contribution is -2.26. The first-order valence-corrected chi connectivity index (χ1v) is 4.89. The fourth-order valence-corrected chi connectivity index (χ4v) is 1.25. The molecule has 4 heteroatoms. The van der Waals surface area contributed by atoms with Crippen molar-refractivity contribution < 1.29 is 4.79 Å². The molecular weight excluding hydrogens is 178 g/mol. The molecular formula is C10H17N3O. The zero-order valence-electron chi connectivity index (χ0n) is 8.95. The Kier molecular flexibility index (Phi) is 3.83. The van der Waals surface area contributed by atoms with Crippen molar-refractivity contribution in [3.63, 3.8) is 0 Å². The van der Waals surface area contributed by atoms with Crippen LogP contribution in [0.4, 0.5) is 0 Å². The third kappa shape index (κ3) is 2.67. The monoisotopic (exact) mass is 195 g/mol. The van der Waals surface area contributed by atoms with Gasteiger partial charge in [-0.05, 0) is 12.6 Å². The lowest BCUT2D eigenvalue weighted by atomic mass is 10.0. The van der Waals surface area contributed by atoms with Gasteiger partial charge in [-0.15, -0.1) is 0 Å². The molecule has 0 saturated heterocycles. The van der Waals surface area contributed by atoms with Crippen LogP contribution in [0.15, 0.2) is 12.3 Å². The standard InChI is InChI=1S/C10H17N3O/c1-4-11-7-8(2)10(14)9-5-6-13(3)12-9/h5-6,8,11H,4,7H2,1-3H3. The van der Waals surface area contributed by atoms with Gasteiger partial charge in [0.1, 0.15) is 5.69 Å². The second kappa shape index (κ2) is 4.91. The first kappa shape index (κ1) is 10.9. The number of carbonyl (C=O) groups is 1. The minimum Gasteiger partial charge on any atom is -0.316 e. The molecule has 0 aromatic carbocycles. The molecule has 0 radical (unpaired) electrons. The summed E-state index contributed by atoms with van der Waals surface area (Å²) < 4.78 is 1.65. The van der Waals surface area contributed by atoms with Crippen molar-refractivity contribution in [2.75, 3.05) is 13.1 Å². The molecule has 4 nitrogen and oxygen atoms in total. The van der Waals surface area contributed by atoms with Crippen LogP contribution in [-0.2, 0) is 7.05 Å². The molecule has 1 aromatic rings. The first-order chi connectivity index (χ1) is 6.65. The van der Waals surface area contributed by atoms with E-state index in [1.54, 1.807) is 16.9 Å². The molecule has 1 aromatic heterocycles. The van der Waals surface area contributed by atoms with Crippen LogP contribution in [0.3, 0.4) is 0 Å². The predicted octanol–water partition coefficient (Wildman–Crippen LogP) is 0.848. The van der Waals surface area contributed by atoms with Gasteiger partial charge in [0.15, 0.2) is 5.78 Å². The van der Waals surface area contributed by atoms with E-state index < -0.39 is 0 Å². The van der Waals surface area contributed by atoms with Crippen LogP contribution in [0.25, 0.3) is 0 Å². The number of rotatable bonds is 5. The first-order valence-electron chi connectivity index (χ1n) is 4.89. The van der Waals surface area contributed by atoms with Gasteiger partial charge in [0, 0.05) is 25.7 Å². The van der Waals surface area contributed by atoms with E-state index in [1.807, 2.05) is 20.9 Å². The van der Waals surface area contributed by atoms with Gasteiger partial charge in [-0.2, -0.15) is 5.10 Å². The van der Waals surface area contributed by atoms with Crippen LogP contribution in [0.5, 0.6) is 0 Å². The average Bonchev–Trinajstić information content (AvgIpc) is 2.60. The van der Waals surface area contributed by atoms with Crippen molar-refractivity contribution >= 4 is 5.78 Å². The van der Waals surface area contributed by atoms with E-state index in [1.165, 1.54) is 0 Å². The normalized spacial score (nSPS) is 12.8. The maximum absolute atomic E-state index is 11.7. The Morgan fingerprint density at radius 3 is 2.93 bits per heavy atom. The quantitative estimate of drug-likeness (QED) is 0.708. The van der Waals surface area contributed by atoms with Crippen LogP contribution in [0.1, 0.15) is 24.3 Å².